The van der Waals surface area contributed by atoms with E-state index in [0.29, 0.717) is 18.5 Å². The number of nitrogens with zero attached hydrogens (tertiary/aromatic N) is 1. The largest absolute Gasteiger partial charge is 0.309 e. The van der Waals surface area contributed by atoms with Crippen LogP contribution in [0.5, 0.6) is 0 Å². The molecule has 0 bridgehead atoms. The molecule has 0 aromatic heterocycles. The second-order valence-corrected chi connectivity index (χ2v) is 4.64. The predicted molar refractivity (Wildman–Crippen MR) is 83.6 cm³/mol. The highest BCUT2D eigenvalue weighted by Gasteiger charge is 2.14. The molecule has 20 heavy (non-hydrogen) atoms. The van der Waals surface area contributed by atoms with E-state index in [-0.39, 0.29) is 39.9 Å². The lowest BCUT2D eigenvalue weighted by Crippen LogP contribution is -2.19. The van der Waals surface area contributed by atoms with E-state index >= 15 is 0 Å². The Morgan fingerprint density at radius 3 is 2.20 bits per heavy atom. The Balaban J connectivity index is 0.00000361. The third-order valence-corrected chi connectivity index (χ3v) is 2.65. The van der Waals surface area contributed by atoms with Crippen LogP contribution in [0.3, 0.4) is 0 Å². The van der Waals surface area contributed by atoms with Crippen molar-refractivity contribution >= 4 is 34.6 Å². The maximum Gasteiger partial charge on any atom is 0.167 e. The number of hydrogen-bond donors (Lipinski definition) is 0. The number of halogens is 2. The summed E-state index contributed by atoms with van der Waals surface area (Å²) >= 11 is 0. The van der Waals surface area contributed by atoms with Gasteiger partial charge in [0.1, 0.15) is 5.82 Å². The van der Waals surface area contributed by atoms with Crippen LogP contribution in [-0.2, 0) is 9.59 Å². The number of carbonyl (C=O) groups is 2. The van der Waals surface area contributed by atoms with E-state index in [9.17, 15) is 14.0 Å². The number of benzene rings is 1. The van der Waals surface area contributed by atoms with E-state index in [1.165, 1.54) is 37.3 Å². The minimum Gasteiger partial charge on any atom is -0.309 e. The van der Waals surface area contributed by atoms with E-state index in [0.717, 1.165) is 0 Å². The molecule has 0 N–H and O–H groups in total. The smallest absolute Gasteiger partial charge is 0.167 e. The molecule has 0 saturated carbocycles. The maximum atomic E-state index is 12.8. The molecule has 0 spiro atoms. The van der Waals surface area contributed by atoms with Crippen molar-refractivity contribution in [3.05, 3.63) is 41.2 Å². The van der Waals surface area contributed by atoms with Gasteiger partial charge in [0.05, 0.1) is 5.57 Å². The lowest BCUT2D eigenvalue weighted by Gasteiger charge is -2.09. The fourth-order valence-corrected chi connectivity index (χ4v) is 1.56. The minimum absolute atomic E-state index is 0. The minimum atomic E-state index is -0.347. The van der Waals surface area contributed by atoms with Crippen molar-refractivity contribution in [2.75, 3.05) is 20.6 Å². The number of Topliss-reactive ketones (excluding diaryl/α,β-unsaturated/α-hetero) is 2. The summed E-state index contributed by atoms with van der Waals surface area (Å²) in [4.78, 5) is 25.4. The van der Waals surface area contributed by atoms with Crippen molar-refractivity contribution in [1.29, 1.82) is 0 Å². The van der Waals surface area contributed by atoms with Gasteiger partial charge < -0.3 is 4.90 Å². The van der Waals surface area contributed by atoms with Gasteiger partial charge in [-0.3, -0.25) is 9.59 Å². The summed E-state index contributed by atoms with van der Waals surface area (Å²) in [5.41, 5.74) is 0.804. The van der Waals surface area contributed by atoms with Gasteiger partial charge >= 0.3 is 0 Å². The standard InChI is InChI=1S/C15H18FNO2.BrH/c1-11(18)14(15(19)8-9-17(2)3)10-12-4-6-13(16)7-5-12;/h4-7,10H,8-9H2,1-3H3;1H/b14-10+;. The van der Waals surface area contributed by atoms with Crippen molar-refractivity contribution in [3.8, 4) is 0 Å². The van der Waals surface area contributed by atoms with Crippen LogP contribution in [0.25, 0.3) is 6.08 Å². The fourth-order valence-electron chi connectivity index (χ4n) is 1.56. The molecular formula is C15H19BrFNO2. The van der Waals surface area contributed by atoms with Crippen LogP contribution >= 0.6 is 17.0 Å². The summed E-state index contributed by atoms with van der Waals surface area (Å²) in [6, 6.07) is 5.68. The summed E-state index contributed by atoms with van der Waals surface area (Å²) in [5.74, 6) is -0.806. The van der Waals surface area contributed by atoms with Gasteiger partial charge in [0.25, 0.3) is 0 Å². The molecule has 0 aliphatic rings. The first kappa shape index (κ1) is 18.7. The Morgan fingerprint density at radius 1 is 1.20 bits per heavy atom. The highest BCUT2D eigenvalue weighted by atomic mass is 79.9. The normalized spacial score (nSPS) is 11.2. The van der Waals surface area contributed by atoms with Crippen molar-refractivity contribution in [2.24, 2.45) is 0 Å². The topological polar surface area (TPSA) is 37.4 Å². The SMILES string of the molecule is Br.CC(=O)/C(=C\c1ccc(F)cc1)C(=O)CCN(C)C. The van der Waals surface area contributed by atoms with Crippen molar-refractivity contribution in [3.63, 3.8) is 0 Å². The van der Waals surface area contributed by atoms with Crippen molar-refractivity contribution in [2.45, 2.75) is 13.3 Å². The van der Waals surface area contributed by atoms with Crippen LogP contribution in [0.4, 0.5) is 4.39 Å². The molecule has 0 unspecified atom stereocenters. The van der Waals surface area contributed by atoms with Crippen LogP contribution in [0.15, 0.2) is 29.8 Å². The van der Waals surface area contributed by atoms with Gasteiger partial charge in [-0.25, -0.2) is 4.39 Å². The van der Waals surface area contributed by atoms with Gasteiger partial charge in [0, 0.05) is 13.0 Å². The molecule has 0 aliphatic carbocycles. The zero-order chi connectivity index (χ0) is 14.4. The first-order valence-corrected chi connectivity index (χ1v) is 6.06. The first-order chi connectivity index (χ1) is 8.90. The van der Waals surface area contributed by atoms with Crippen LogP contribution < -0.4 is 0 Å². The molecule has 0 saturated heterocycles. The van der Waals surface area contributed by atoms with Gasteiger partial charge in [0.15, 0.2) is 11.6 Å². The summed E-state index contributed by atoms with van der Waals surface area (Å²) in [6.07, 6.45) is 1.80. The molecule has 0 radical (unpaired) electrons. The van der Waals surface area contributed by atoms with E-state index in [1.54, 1.807) is 0 Å². The zero-order valence-corrected chi connectivity index (χ0v) is 13.6. The molecular weight excluding hydrogens is 325 g/mol. The molecule has 0 heterocycles. The summed E-state index contributed by atoms with van der Waals surface area (Å²) in [7, 11) is 3.73. The Hall–Kier alpha value is -1.33. The van der Waals surface area contributed by atoms with Crippen LogP contribution in [0.1, 0.15) is 18.9 Å². The summed E-state index contributed by atoms with van der Waals surface area (Å²) < 4.78 is 12.8. The zero-order valence-electron chi connectivity index (χ0n) is 11.9. The average molecular weight is 344 g/mol. The van der Waals surface area contributed by atoms with Gasteiger partial charge in [-0.05, 0) is 44.8 Å². The van der Waals surface area contributed by atoms with Crippen molar-refractivity contribution < 1.29 is 14.0 Å². The van der Waals surface area contributed by atoms with Gasteiger partial charge in [0.2, 0.25) is 0 Å². The van der Waals surface area contributed by atoms with Crippen LogP contribution in [-0.4, -0.2) is 37.1 Å². The Bertz CT molecular complexity index is 495. The quantitative estimate of drug-likeness (QED) is 0.452. The number of allylic oxidation sites excluding steroid dienone is 1. The number of hydrogen-bond acceptors (Lipinski definition) is 3. The second-order valence-electron chi connectivity index (χ2n) is 4.64. The Morgan fingerprint density at radius 2 is 1.75 bits per heavy atom. The molecule has 1 aromatic rings. The van der Waals surface area contributed by atoms with Crippen molar-refractivity contribution in [1.82, 2.24) is 4.90 Å². The van der Waals surface area contributed by atoms with E-state index in [2.05, 4.69) is 0 Å². The van der Waals surface area contributed by atoms with Gasteiger partial charge in [-0.2, -0.15) is 0 Å². The highest BCUT2D eigenvalue weighted by Crippen LogP contribution is 2.11. The lowest BCUT2D eigenvalue weighted by atomic mass is 10.0. The summed E-state index contributed by atoms with van der Waals surface area (Å²) in [6.45, 7) is 1.95. The summed E-state index contributed by atoms with van der Waals surface area (Å²) in [5, 5.41) is 0. The second kappa shape index (κ2) is 8.76. The maximum absolute atomic E-state index is 12.8. The molecule has 5 heteroatoms. The van der Waals surface area contributed by atoms with Crippen LogP contribution in [0, 0.1) is 5.82 Å². The molecule has 3 nitrogen and oxygen atoms in total. The molecule has 1 rings (SSSR count). The Kier molecular flexibility index (Phi) is 8.18. The monoisotopic (exact) mass is 343 g/mol. The van der Waals surface area contributed by atoms with E-state index in [4.69, 9.17) is 0 Å². The van der Waals surface area contributed by atoms with Gasteiger partial charge in [-0.1, -0.05) is 12.1 Å². The third kappa shape index (κ3) is 6.21. The average Bonchev–Trinajstić information content (AvgIpc) is 2.34. The van der Waals surface area contributed by atoms with E-state index in [1.807, 2.05) is 19.0 Å². The van der Waals surface area contributed by atoms with Crippen LogP contribution in [0.2, 0.25) is 0 Å². The first-order valence-electron chi connectivity index (χ1n) is 6.06. The number of carbonyl (C=O) groups excluding carboxylic acids is 2. The number of ketones is 2. The molecule has 110 valence electrons. The molecule has 0 aliphatic heterocycles. The number of rotatable bonds is 6. The Labute approximate surface area is 129 Å². The highest BCUT2D eigenvalue weighted by molar-refractivity contribution is 8.93. The molecule has 0 fully saturated rings. The van der Waals surface area contributed by atoms with E-state index < -0.39 is 0 Å². The lowest BCUT2D eigenvalue weighted by molar-refractivity contribution is -0.120. The fraction of sp³-hybridized carbons (Fsp3) is 0.333. The predicted octanol–water partition coefficient (Wildman–Crippen LogP) is 2.90. The van der Waals surface area contributed by atoms with Gasteiger partial charge in [-0.15, -0.1) is 17.0 Å². The molecule has 0 atom stereocenters. The third-order valence-electron chi connectivity index (χ3n) is 2.65. The molecule has 1 aromatic carbocycles. The molecule has 0 amide bonds.